The summed E-state index contributed by atoms with van der Waals surface area (Å²) in [7, 11) is 3.26. The Labute approximate surface area is 230 Å². The second kappa shape index (κ2) is 12.0. The minimum absolute atomic E-state index is 0.269. The second-order valence-corrected chi connectivity index (χ2v) is 9.44. The minimum atomic E-state index is 0.269. The maximum absolute atomic E-state index is 5.52. The highest BCUT2D eigenvalue weighted by atomic mass is 127. The van der Waals surface area contributed by atoms with Crippen molar-refractivity contribution in [2.45, 2.75) is 0 Å². The van der Waals surface area contributed by atoms with Crippen molar-refractivity contribution in [3.63, 3.8) is 0 Å². The average Bonchev–Trinajstić information content (AvgIpc) is 2.85. The minimum Gasteiger partial charge on any atom is -0.497 e. The number of anilines is 5. The molecule has 3 aromatic carbocycles. The van der Waals surface area contributed by atoms with E-state index in [9.17, 15) is 0 Å². The van der Waals surface area contributed by atoms with Crippen LogP contribution in [0.3, 0.4) is 0 Å². The van der Waals surface area contributed by atoms with Gasteiger partial charge in [0.15, 0.2) is 0 Å². The van der Waals surface area contributed by atoms with E-state index in [1.54, 1.807) is 20.4 Å². The van der Waals surface area contributed by atoms with Gasteiger partial charge >= 0.3 is 0 Å². The van der Waals surface area contributed by atoms with Crippen LogP contribution < -0.4 is 25.5 Å². The number of halogens is 2. The van der Waals surface area contributed by atoms with Crippen LogP contribution in [-0.4, -0.2) is 35.4 Å². The van der Waals surface area contributed by atoms with E-state index in [1.807, 2.05) is 66.7 Å². The molecule has 0 saturated heterocycles. The third-order valence-corrected chi connectivity index (χ3v) is 6.05. The number of benzene rings is 3. The number of nitrogens with one attached hydrogen (secondary N) is 3. The van der Waals surface area contributed by atoms with Gasteiger partial charge in [-0.15, -0.1) is 0 Å². The Morgan fingerprint density at radius 2 is 1.40 bits per heavy atom. The normalized spacial score (nSPS) is 10.7. The van der Waals surface area contributed by atoms with Crippen LogP contribution in [0.2, 0.25) is 0 Å². The summed E-state index contributed by atoms with van der Waals surface area (Å²) in [5.74, 6) is 2.49. The summed E-state index contributed by atoms with van der Waals surface area (Å²) in [5, 5.41) is 10.7. The fraction of sp³-hybridized carbons (Fsp3) is 0.0833. The molecule has 0 aliphatic heterocycles. The van der Waals surface area contributed by atoms with Crippen LogP contribution in [0.5, 0.6) is 11.5 Å². The molecule has 35 heavy (non-hydrogen) atoms. The van der Waals surface area contributed by atoms with Gasteiger partial charge in [-0.3, -0.25) is 0 Å². The molecular formula is C24H21I2N7O2. The lowest BCUT2D eigenvalue weighted by atomic mass is 10.2. The Kier molecular flexibility index (Phi) is 8.52. The van der Waals surface area contributed by atoms with Crippen molar-refractivity contribution in [2.75, 3.05) is 30.3 Å². The van der Waals surface area contributed by atoms with Crippen LogP contribution in [0.25, 0.3) is 0 Å². The van der Waals surface area contributed by atoms with Gasteiger partial charge in [0.1, 0.15) is 11.5 Å². The number of aromatic nitrogens is 3. The first-order valence-corrected chi connectivity index (χ1v) is 12.5. The number of hydrazone groups is 1. The Hall–Kier alpha value is -3.20. The van der Waals surface area contributed by atoms with Gasteiger partial charge in [0.25, 0.3) is 0 Å². The molecule has 0 saturated carbocycles. The van der Waals surface area contributed by atoms with Crippen molar-refractivity contribution in [2.24, 2.45) is 5.10 Å². The largest absolute Gasteiger partial charge is 0.497 e. The summed E-state index contributed by atoms with van der Waals surface area (Å²) in [5.41, 5.74) is 5.39. The molecular weight excluding hydrogens is 672 g/mol. The van der Waals surface area contributed by atoms with E-state index in [4.69, 9.17) is 9.47 Å². The van der Waals surface area contributed by atoms with Crippen LogP contribution in [0, 0.1) is 7.14 Å². The van der Waals surface area contributed by atoms with Gasteiger partial charge in [-0.05, 0) is 93.7 Å². The van der Waals surface area contributed by atoms with Crippen molar-refractivity contribution in [3.8, 4) is 11.5 Å². The summed E-state index contributed by atoms with van der Waals surface area (Å²) >= 11 is 4.50. The molecule has 1 aromatic heterocycles. The summed E-state index contributed by atoms with van der Waals surface area (Å²) in [6.07, 6.45) is 1.67. The van der Waals surface area contributed by atoms with Gasteiger partial charge in [-0.1, -0.05) is 18.2 Å². The molecule has 0 radical (unpaired) electrons. The molecule has 0 amide bonds. The first-order valence-electron chi connectivity index (χ1n) is 10.4. The molecule has 0 atom stereocenters. The number of ether oxygens (including phenoxy) is 2. The number of hydrogen-bond acceptors (Lipinski definition) is 9. The monoisotopic (exact) mass is 693 g/mol. The Morgan fingerprint density at radius 3 is 2.03 bits per heavy atom. The lowest BCUT2D eigenvalue weighted by molar-refractivity contribution is 0.411. The third kappa shape index (κ3) is 6.91. The zero-order valence-corrected chi connectivity index (χ0v) is 23.1. The third-order valence-electron chi connectivity index (χ3n) is 4.62. The molecule has 3 N–H and O–H groups in total. The smallest absolute Gasteiger partial charge is 0.250 e. The van der Waals surface area contributed by atoms with E-state index in [2.05, 4.69) is 81.3 Å². The molecule has 4 rings (SSSR count). The molecule has 0 aliphatic carbocycles. The van der Waals surface area contributed by atoms with Crippen LogP contribution >= 0.6 is 45.2 Å². The topological polar surface area (TPSA) is 106 Å². The van der Waals surface area contributed by atoms with Crippen LogP contribution in [0.4, 0.5) is 29.2 Å². The van der Waals surface area contributed by atoms with Gasteiger partial charge in [0, 0.05) is 20.5 Å². The standard InChI is InChI=1S/C24H21I2N7O2/c1-34-19-10-8-18(9-11-19)29-23-30-22(28-17-6-4-3-5-7-17)31-24(32-23)33-27-14-15-12-16(25)13-20(26)21(15)35-2/h3-14H,1-2H3,(H3,28,29,30,31,32,33)/b27-14-. The predicted octanol–water partition coefficient (Wildman–Crippen LogP) is 6.03. The number of nitrogens with zero attached hydrogens (tertiary/aromatic N) is 4. The van der Waals surface area contributed by atoms with E-state index < -0.39 is 0 Å². The van der Waals surface area contributed by atoms with Gasteiger partial charge in [0.05, 0.1) is 24.0 Å². The van der Waals surface area contributed by atoms with Crippen molar-refractivity contribution < 1.29 is 9.47 Å². The Morgan fingerprint density at radius 1 is 0.771 bits per heavy atom. The number of methoxy groups -OCH3 is 2. The van der Waals surface area contributed by atoms with Gasteiger partial charge in [-0.25, -0.2) is 5.43 Å². The molecule has 0 spiro atoms. The second-order valence-electron chi connectivity index (χ2n) is 7.03. The highest BCUT2D eigenvalue weighted by Gasteiger charge is 2.09. The Balaban J connectivity index is 1.60. The van der Waals surface area contributed by atoms with Crippen LogP contribution in [0.1, 0.15) is 5.56 Å². The molecule has 0 unspecified atom stereocenters. The summed E-state index contributed by atoms with van der Waals surface area (Å²) in [6.45, 7) is 0. The Bertz CT molecular complexity index is 1320. The summed E-state index contributed by atoms with van der Waals surface area (Å²) < 4.78 is 12.8. The molecule has 9 nitrogen and oxygen atoms in total. The maximum Gasteiger partial charge on any atom is 0.250 e. The molecule has 0 fully saturated rings. The van der Waals surface area contributed by atoms with Gasteiger partial charge < -0.3 is 20.1 Å². The quantitative estimate of drug-likeness (QED) is 0.111. The fourth-order valence-corrected chi connectivity index (χ4v) is 5.15. The van der Waals surface area contributed by atoms with E-state index in [0.29, 0.717) is 11.9 Å². The predicted molar refractivity (Wildman–Crippen MR) is 155 cm³/mol. The highest BCUT2D eigenvalue weighted by Crippen LogP contribution is 2.27. The maximum atomic E-state index is 5.52. The first-order chi connectivity index (χ1) is 17.0. The molecule has 0 bridgehead atoms. The molecule has 1 heterocycles. The van der Waals surface area contributed by atoms with E-state index in [0.717, 1.165) is 35.6 Å². The number of hydrogen-bond donors (Lipinski definition) is 3. The molecule has 0 aliphatic rings. The fourth-order valence-electron chi connectivity index (χ4n) is 3.04. The lowest BCUT2D eigenvalue weighted by Gasteiger charge is -2.11. The van der Waals surface area contributed by atoms with Crippen LogP contribution in [0.15, 0.2) is 71.8 Å². The van der Waals surface area contributed by atoms with E-state index in [-0.39, 0.29) is 5.95 Å². The molecule has 11 heteroatoms. The number of para-hydroxylation sites is 1. The zero-order chi connectivity index (χ0) is 24.6. The summed E-state index contributed by atoms with van der Waals surface area (Å²) in [6, 6.07) is 21.1. The zero-order valence-electron chi connectivity index (χ0n) is 18.8. The van der Waals surface area contributed by atoms with Crippen molar-refractivity contribution in [3.05, 3.63) is 79.4 Å². The number of rotatable bonds is 9. The molecule has 178 valence electrons. The van der Waals surface area contributed by atoms with E-state index in [1.165, 1.54) is 0 Å². The first kappa shape index (κ1) is 24.9. The lowest BCUT2D eigenvalue weighted by Crippen LogP contribution is -2.07. The van der Waals surface area contributed by atoms with Crippen molar-refractivity contribution >= 4 is 80.6 Å². The van der Waals surface area contributed by atoms with Crippen molar-refractivity contribution in [1.29, 1.82) is 0 Å². The highest BCUT2D eigenvalue weighted by molar-refractivity contribution is 14.1. The average molecular weight is 693 g/mol. The molecule has 4 aromatic rings. The SMILES string of the molecule is COc1ccc(Nc2nc(N/N=C\c3cc(I)cc(I)c3OC)nc(Nc3ccccc3)n2)cc1. The van der Waals surface area contributed by atoms with Gasteiger partial charge in [0.2, 0.25) is 17.8 Å². The van der Waals surface area contributed by atoms with Crippen molar-refractivity contribution in [1.82, 2.24) is 15.0 Å². The van der Waals surface area contributed by atoms with E-state index >= 15 is 0 Å². The van der Waals surface area contributed by atoms with Gasteiger partial charge in [-0.2, -0.15) is 20.1 Å². The van der Waals surface area contributed by atoms with Crippen LogP contribution in [-0.2, 0) is 0 Å². The summed E-state index contributed by atoms with van der Waals surface area (Å²) in [4.78, 5) is 13.4.